The first kappa shape index (κ1) is 15.3. The van der Waals surface area contributed by atoms with Crippen molar-refractivity contribution in [1.29, 1.82) is 0 Å². The first-order valence-corrected chi connectivity index (χ1v) is 7.55. The Morgan fingerprint density at radius 2 is 2.20 bits per heavy atom. The van der Waals surface area contributed by atoms with Crippen LogP contribution in [0.5, 0.6) is 0 Å². The fourth-order valence-corrected chi connectivity index (χ4v) is 2.98. The van der Waals surface area contributed by atoms with Gasteiger partial charge in [-0.1, -0.05) is 23.7 Å². The number of rotatable bonds is 3. The van der Waals surface area contributed by atoms with Crippen molar-refractivity contribution in [2.24, 2.45) is 0 Å². The predicted octanol–water partition coefficient (Wildman–Crippen LogP) is 2.83. The number of carbonyl (C=O) groups excluding carboxylic acids is 1. The minimum Gasteiger partial charge on any atom is -0.340 e. The largest absolute Gasteiger partial charge is 0.340 e. The molecule has 20 heavy (non-hydrogen) atoms. The van der Waals surface area contributed by atoms with E-state index in [-0.39, 0.29) is 5.91 Å². The number of hydrogen-bond acceptors (Lipinski definition) is 2. The van der Waals surface area contributed by atoms with Gasteiger partial charge in [-0.05, 0) is 51.4 Å². The summed E-state index contributed by atoms with van der Waals surface area (Å²) >= 11 is 6.05. The number of carbonyl (C=O) groups is 1. The van der Waals surface area contributed by atoms with Crippen LogP contribution < -0.4 is 5.32 Å². The third-order valence-corrected chi connectivity index (χ3v) is 4.43. The maximum absolute atomic E-state index is 12.8. The zero-order valence-electron chi connectivity index (χ0n) is 12.4. The molecule has 0 aliphatic carbocycles. The molecule has 1 saturated heterocycles. The SMILES string of the molecule is CNC1CCCN(C(=O)C(C)(C)c2cccc(Cl)c2)C1. The van der Waals surface area contributed by atoms with Gasteiger partial charge >= 0.3 is 0 Å². The van der Waals surface area contributed by atoms with Gasteiger partial charge < -0.3 is 10.2 Å². The van der Waals surface area contributed by atoms with E-state index in [4.69, 9.17) is 11.6 Å². The summed E-state index contributed by atoms with van der Waals surface area (Å²) in [7, 11) is 1.96. The van der Waals surface area contributed by atoms with Gasteiger partial charge in [0, 0.05) is 24.2 Å². The van der Waals surface area contributed by atoms with E-state index in [9.17, 15) is 4.79 Å². The van der Waals surface area contributed by atoms with Gasteiger partial charge in [-0.25, -0.2) is 0 Å². The molecule has 0 aromatic heterocycles. The topological polar surface area (TPSA) is 32.3 Å². The molecule has 1 atom stereocenters. The molecule has 0 radical (unpaired) electrons. The molecule has 1 heterocycles. The lowest BCUT2D eigenvalue weighted by Crippen LogP contribution is -2.51. The van der Waals surface area contributed by atoms with Gasteiger partial charge in [0.1, 0.15) is 0 Å². The second-order valence-corrected chi connectivity index (χ2v) is 6.45. The van der Waals surface area contributed by atoms with Crippen molar-refractivity contribution < 1.29 is 4.79 Å². The third kappa shape index (κ3) is 3.15. The summed E-state index contributed by atoms with van der Waals surface area (Å²) in [6, 6.07) is 8.01. The normalized spacial score (nSPS) is 20.0. The average Bonchev–Trinajstić information content (AvgIpc) is 2.46. The summed E-state index contributed by atoms with van der Waals surface area (Å²) in [5.74, 6) is 0.180. The molecule has 1 aliphatic rings. The summed E-state index contributed by atoms with van der Waals surface area (Å²) < 4.78 is 0. The van der Waals surface area contributed by atoms with Crippen LogP contribution in [-0.4, -0.2) is 37.0 Å². The molecule has 1 aliphatic heterocycles. The summed E-state index contributed by atoms with van der Waals surface area (Å²) in [5.41, 5.74) is 0.433. The minimum atomic E-state index is -0.541. The fourth-order valence-electron chi connectivity index (χ4n) is 2.79. The van der Waals surface area contributed by atoms with E-state index in [1.807, 2.05) is 50.1 Å². The molecule has 110 valence electrons. The molecule has 0 spiro atoms. The van der Waals surface area contributed by atoms with Crippen molar-refractivity contribution in [2.45, 2.75) is 38.1 Å². The Bertz CT molecular complexity index is 487. The van der Waals surface area contributed by atoms with Crippen LogP contribution in [0, 0.1) is 0 Å². The van der Waals surface area contributed by atoms with Crippen LogP contribution in [-0.2, 0) is 10.2 Å². The van der Waals surface area contributed by atoms with E-state index < -0.39 is 5.41 Å². The standard InChI is InChI=1S/C16H23ClN2O/c1-16(2,12-6-4-7-13(17)10-12)15(20)19-9-5-8-14(11-19)18-3/h4,6-7,10,14,18H,5,8-9,11H2,1-3H3. The molecule has 4 heteroatoms. The smallest absolute Gasteiger partial charge is 0.232 e. The maximum atomic E-state index is 12.8. The third-order valence-electron chi connectivity index (χ3n) is 4.20. The second-order valence-electron chi connectivity index (χ2n) is 6.01. The number of likely N-dealkylation sites (N-methyl/N-ethyl adjacent to an activating group) is 1. The number of likely N-dealkylation sites (tertiary alicyclic amines) is 1. The summed E-state index contributed by atoms with van der Waals surface area (Å²) in [6.07, 6.45) is 2.20. The van der Waals surface area contributed by atoms with Gasteiger partial charge in [0.25, 0.3) is 0 Å². The Labute approximate surface area is 126 Å². The van der Waals surface area contributed by atoms with Gasteiger partial charge in [0.2, 0.25) is 5.91 Å². The van der Waals surface area contributed by atoms with Crippen molar-refractivity contribution in [3.63, 3.8) is 0 Å². The van der Waals surface area contributed by atoms with Crippen LogP contribution in [0.1, 0.15) is 32.3 Å². The van der Waals surface area contributed by atoms with Gasteiger partial charge in [0.05, 0.1) is 5.41 Å². The van der Waals surface area contributed by atoms with Crippen molar-refractivity contribution in [2.75, 3.05) is 20.1 Å². The summed E-state index contributed by atoms with van der Waals surface area (Å²) in [4.78, 5) is 14.8. The Morgan fingerprint density at radius 1 is 1.45 bits per heavy atom. The number of piperidine rings is 1. The van der Waals surface area contributed by atoms with Crippen LogP contribution >= 0.6 is 11.6 Å². The lowest BCUT2D eigenvalue weighted by Gasteiger charge is -2.37. The Kier molecular flexibility index (Phi) is 4.71. The summed E-state index contributed by atoms with van der Waals surface area (Å²) in [5, 5.41) is 3.95. The monoisotopic (exact) mass is 294 g/mol. The predicted molar refractivity (Wildman–Crippen MR) is 83.1 cm³/mol. The van der Waals surface area contributed by atoms with Gasteiger partial charge in [-0.15, -0.1) is 0 Å². The van der Waals surface area contributed by atoms with Crippen molar-refractivity contribution in [3.05, 3.63) is 34.9 Å². The molecule has 1 fully saturated rings. The number of amides is 1. The van der Waals surface area contributed by atoms with Crippen molar-refractivity contribution in [3.8, 4) is 0 Å². The lowest BCUT2D eigenvalue weighted by molar-refractivity contribution is -0.137. The molecule has 1 unspecified atom stereocenters. The molecule has 0 saturated carbocycles. The zero-order valence-corrected chi connectivity index (χ0v) is 13.2. The zero-order chi connectivity index (χ0) is 14.8. The Balaban J connectivity index is 2.18. The van der Waals surface area contributed by atoms with Gasteiger partial charge in [-0.2, -0.15) is 0 Å². The molecule has 1 aromatic rings. The molecule has 1 aromatic carbocycles. The highest BCUT2D eigenvalue weighted by atomic mass is 35.5. The highest BCUT2D eigenvalue weighted by molar-refractivity contribution is 6.30. The molecule has 0 bridgehead atoms. The molecule has 1 N–H and O–H groups in total. The second kappa shape index (κ2) is 6.15. The Morgan fingerprint density at radius 3 is 2.85 bits per heavy atom. The van der Waals surface area contributed by atoms with Crippen LogP contribution in [0.2, 0.25) is 5.02 Å². The molecule has 2 rings (SSSR count). The lowest BCUT2D eigenvalue weighted by atomic mass is 9.82. The molecular weight excluding hydrogens is 272 g/mol. The fraction of sp³-hybridized carbons (Fsp3) is 0.562. The molecule has 1 amide bonds. The highest BCUT2D eigenvalue weighted by Gasteiger charge is 2.35. The minimum absolute atomic E-state index is 0.180. The quantitative estimate of drug-likeness (QED) is 0.930. The first-order chi connectivity index (χ1) is 9.45. The number of halogens is 1. The first-order valence-electron chi connectivity index (χ1n) is 7.18. The van der Waals surface area contributed by atoms with E-state index in [0.29, 0.717) is 11.1 Å². The number of benzene rings is 1. The van der Waals surface area contributed by atoms with Crippen molar-refractivity contribution in [1.82, 2.24) is 10.2 Å². The Hall–Kier alpha value is -1.06. The van der Waals surface area contributed by atoms with Crippen LogP contribution in [0.15, 0.2) is 24.3 Å². The van der Waals surface area contributed by atoms with E-state index in [1.54, 1.807) is 0 Å². The molecular formula is C16H23ClN2O. The van der Waals surface area contributed by atoms with Gasteiger partial charge in [-0.3, -0.25) is 4.79 Å². The number of nitrogens with zero attached hydrogens (tertiary/aromatic N) is 1. The molecule has 3 nitrogen and oxygen atoms in total. The van der Waals surface area contributed by atoms with Crippen LogP contribution in [0.4, 0.5) is 0 Å². The number of nitrogens with one attached hydrogen (secondary N) is 1. The van der Waals surface area contributed by atoms with E-state index in [1.165, 1.54) is 0 Å². The van der Waals surface area contributed by atoms with E-state index >= 15 is 0 Å². The van der Waals surface area contributed by atoms with Gasteiger partial charge in [0.15, 0.2) is 0 Å². The van der Waals surface area contributed by atoms with Crippen molar-refractivity contribution >= 4 is 17.5 Å². The summed E-state index contributed by atoms with van der Waals surface area (Å²) in [6.45, 7) is 5.59. The maximum Gasteiger partial charge on any atom is 0.232 e. The average molecular weight is 295 g/mol. The van der Waals surface area contributed by atoms with E-state index in [2.05, 4.69) is 5.32 Å². The van der Waals surface area contributed by atoms with Crippen LogP contribution in [0.3, 0.4) is 0 Å². The highest BCUT2D eigenvalue weighted by Crippen LogP contribution is 2.29. The number of hydrogen-bond donors (Lipinski definition) is 1. The van der Waals surface area contributed by atoms with E-state index in [0.717, 1.165) is 31.5 Å². The van der Waals surface area contributed by atoms with Crippen LogP contribution in [0.25, 0.3) is 0 Å².